The molecular formula is C22H16F4N2O2S3. The van der Waals surface area contributed by atoms with Crippen molar-refractivity contribution in [2.24, 2.45) is 0 Å². The second-order valence-corrected chi connectivity index (χ2v) is 10.5. The Kier molecular flexibility index (Phi) is 6.47. The number of halogens is 4. The molecule has 4 rings (SSSR count). The summed E-state index contributed by atoms with van der Waals surface area (Å²) < 4.78 is 53.4. The molecule has 0 bridgehead atoms. The van der Waals surface area contributed by atoms with Crippen LogP contribution in [0, 0.1) is 19.7 Å². The van der Waals surface area contributed by atoms with Crippen LogP contribution in [0.15, 0.2) is 35.2 Å². The SMILES string of the molecule is Cc1cc(SCc2sc(-c3ccc(C(F)(F)F)c(F)c3)nc2C)c2sc(CC(=O)O)nc2c1. The number of alkyl halides is 3. The first-order valence-electron chi connectivity index (χ1n) is 9.59. The third-order valence-electron chi connectivity index (χ3n) is 4.72. The Bertz CT molecular complexity index is 1360. The van der Waals surface area contributed by atoms with E-state index in [1.807, 2.05) is 19.1 Å². The van der Waals surface area contributed by atoms with E-state index in [9.17, 15) is 22.4 Å². The predicted octanol–water partition coefficient (Wildman–Crippen LogP) is 7.11. The van der Waals surface area contributed by atoms with Crippen LogP contribution in [0.3, 0.4) is 0 Å². The molecule has 0 aliphatic heterocycles. The van der Waals surface area contributed by atoms with Crippen LogP contribution in [0.4, 0.5) is 17.6 Å². The van der Waals surface area contributed by atoms with E-state index in [2.05, 4.69) is 9.97 Å². The minimum absolute atomic E-state index is 0.135. The maximum Gasteiger partial charge on any atom is 0.419 e. The van der Waals surface area contributed by atoms with Gasteiger partial charge in [0, 0.05) is 21.1 Å². The Morgan fingerprint density at radius 1 is 1.12 bits per heavy atom. The summed E-state index contributed by atoms with van der Waals surface area (Å²) in [6.07, 6.45) is -4.88. The second-order valence-electron chi connectivity index (χ2n) is 7.30. The fraction of sp³-hybridized carbons (Fsp3) is 0.227. The highest BCUT2D eigenvalue weighted by atomic mass is 32.2. The summed E-state index contributed by atoms with van der Waals surface area (Å²) in [6, 6.07) is 6.75. The Labute approximate surface area is 198 Å². The van der Waals surface area contributed by atoms with Crippen LogP contribution in [0.1, 0.15) is 26.7 Å². The fourth-order valence-corrected chi connectivity index (χ4v) is 6.71. The standard InChI is InChI=1S/C22H16F4N2O2S3/c1-10-5-15-20(33-18(28-15)8-19(29)30)16(6-10)31-9-17-11(2)27-21(32-17)12-3-4-13(14(23)7-12)22(24,25)26/h3-7H,8-9H2,1-2H3,(H,29,30). The van der Waals surface area contributed by atoms with Gasteiger partial charge in [0.2, 0.25) is 0 Å². The monoisotopic (exact) mass is 512 g/mol. The topological polar surface area (TPSA) is 63.1 Å². The van der Waals surface area contributed by atoms with Crippen molar-refractivity contribution < 1.29 is 27.5 Å². The quantitative estimate of drug-likeness (QED) is 0.220. The molecule has 0 spiro atoms. The van der Waals surface area contributed by atoms with E-state index in [1.54, 1.807) is 18.7 Å². The molecule has 2 heterocycles. The van der Waals surface area contributed by atoms with Crippen LogP contribution >= 0.6 is 34.4 Å². The van der Waals surface area contributed by atoms with E-state index >= 15 is 0 Å². The summed E-state index contributed by atoms with van der Waals surface area (Å²) >= 11 is 4.21. The van der Waals surface area contributed by atoms with Gasteiger partial charge in [-0.25, -0.2) is 14.4 Å². The summed E-state index contributed by atoms with van der Waals surface area (Å²) in [5.41, 5.74) is 1.47. The number of fused-ring (bicyclic) bond motifs is 1. The van der Waals surface area contributed by atoms with Gasteiger partial charge in [0.05, 0.1) is 27.9 Å². The molecule has 0 amide bonds. The van der Waals surface area contributed by atoms with Gasteiger partial charge in [-0.1, -0.05) is 6.07 Å². The number of thioether (sulfide) groups is 1. The predicted molar refractivity (Wildman–Crippen MR) is 123 cm³/mol. The van der Waals surface area contributed by atoms with Crippen molar-refractivity contribution in [3.8, 4) is 10.6 Å². The normalized spacial score (nSPS) is 11.9. The van der Waals surface area contributed by atoms with Gasteiger partial charge >= 0.3 is 12.1 Å². The molecule has 1 N–H and O–H groups in total. The van der Waals surface area contributed by atoms with Gasteiger partial charge in [0.25, 0.3) is 0 Å². The highest BCUT2D eigenvalue weighted by Crippen LogP contribution is 2.39. The molecular weight excluding hydrogens is 496 g/mol. The highest BCUT2D eigenvalue weighted by molar-refractivity contribution is 7.99. The average molecular weight is 513 g/mol. The van der Waals surface area contributed by atoms with Gasteiger partial charge in [0.15, 0.2) is 0 Å². The number of aliphatic carboxylic acids is 1. The van der Waals surface area contributed by atoms with E-state index in [-0.39, 0.29) is 6.42 Å². The molecule has 0 aliphatic carbocycles. The van der Waals surface area contributed by atoms with Crippen LogP contribution in [0.2, 0.25) is 0 Å². The Morgan fingerprint density at radius 2 is 1.88 bits per heavy atom. The first-order chi connectivity index (χ1) is 15.5. The fourth-order valence-electron chi connectivity index (χ4n) is 3.20. The minimum Gasteiger partial charge on any atom is -0.481 e. The number of carboxylic acids is 1. The number of hydrogen-bond donors (Lipinski definition) is 1. The Morgan fingerprint density at radius 3 is 2.55 bits per heavy atom. The average Bonchev–Trinajstić information content (AvgIpc) is 3.27. The first-order valence-corrected chi connectivity index (χ1v) is 12.2. The summed E-state index contributed by atoms with van der Waals surface area (Å²) in [6.45, 7) is 3.74. The zero-order chi connectivity index (χ0) is 23.9. The van der Waals surface area contributed by atoms with Crippen molar-refractivity contribution in [3.05, 3.63) is 62.9 Å². The number of aromatic nitrogens is 2. The van der Waals surface area contributed by atoms with Gasteiger partial charge in [-0.2, -0.15) is 13.2 Å². The number of benzene rings is 2. The molecule has 0 radical (unpaired) electrons. The van der Waals surface area contributed by atoms with Gasteiger partial charge in [-0.3, -0.25) is 4.79 Å². The first kappa shape index (κ1) is 23.7. The van der Waals surface area contributed by atoms with E-state index in [0.29, 0.717) is 21.3 Å². The Hall–Kier alpha value is -2.50. The number of carbonyl (C=O) groups is 1. The number of nitrogens with zero attached hydrogens (tertiary/aromatic N) is 2. The second kappa shape index (κ2) is 9.03. The van der Waals surface area contributed by atoms with Crippen molar-refractivity contribution >= 4 is 50.6 Å². The number of rotatable bonds is 6. The maximum atomic E-state index is 14.0. The zero-order valence-corrected chi connectivity index (χ0v) is 19.7. The van der Waals surface area contributed by atoms with Crippen molar-refractivity contribution in [2.75, 3.05) is 0 Å². The van der Waals surface area contributed by atoms with Crippen LogP contribution in [-0.2, 0) is 23.1 Å². The number of thiazole rings is 2. The number of carboxylic acid groups (broad SMARTS) is 1. The van der Waals surface area contributed by atoms with E-state index in [1.165, 1.54) is 28.7 Å². The zero-order valence-electron chi connectivity index (χ0n) is 17.3. The van der Waals surface area contributed by atoms with Crippen LogP contribution < -0.4 is 0 Å². The molecule has 0 saturated heterocycles. The molecule has 0 saturated carbocycles. The molecule has 11 heteroatoms. The van der Waals surface area contributed by atoms with Crippen molar-refractivity contribution in [3.63, 3.8) is 0 Å². The molecule has 0 fully saturated rings. The van der Waals surface area contributed by atoms with Crippen molar-refractivity contribution in [1.29, 1.82) is 0 Å². The number of aryl methyl sites for hydroxylation is 2. The smallest absolute Gasteiger partial charge is 0.419 e. The highest BCUT2D eigenvalue weighted by Gasteiger charge is 2.34. The minimum atomic E-state index is -4.75. The third kappa shape index (κ3) is 5.20. The molecule has 2 aromatic carbocycles. The van der Waals surface area contributed by atoms with Gasteiger partial charge < -0.3 is 5.11 Å². The summed E-state index contributed by atoms with van der Waals surface area (Å²) in [5.74, 6) is -1.71. The lowest BCUT2D eigenvalue weighted by Crippen LogP contribution is -2.07. The van der Waals surface area contributed by atoms with Crippen molar-refractivity contribution in [1.82, 2.24) is 9.97 Å². The lowest BCUT2D eigenvalue weighted by atomic mass is 10.1. The maximum absolute atomic E-state index is 14.0. The summed E-state index contributed by atoms with van der Waals surface area (Å²) in [4.78, 5) is 21.8. The van der Waals surface area contributed by atoms with Crippen LogP contribution in [-0.4, -0.2) is 21.0 Å². The third-order valence-corrected chi connectivity index (χ3v) is 8.41. The number of hydrogen-bond acceptors (Lipinski definition) is 6. The van der Waals surface area contributed by atoms with E-state index in [0.717, 1.165) is 43.4 Å². The van der Waals surface area contributed by atoms with Gasteiger partial charge in [-0.15, -0.1) is 34.4 Å². The molecule has 2 aromatic heterocycles. The van der Waals surface area contributed by atoms with Crippen LogP contribution in [0.25, 0.3) is 20.8 Å². The van der Waals surface area contributed by atoms with Gasteiger partial charge in [0.1, 0.15) is 15.8 Å². The molecule has 4 nitrogen and oxygen atoms in total. The molecule has 0 atom stereocenters. The summed E-state index contributed by atoms with van der Waals surface area (Å²) in [5, 5.41) is 10.0. The summed E-state index contributed by atoms with van der Waals surface area (Å²) in [7, 11) is 0. The van der Waals surface area contributed by atoms with Crippen LogP contribution in [0.5, 0.6) is 0 Å². The lowest BCUT2D eigenvalue weighted by molar-refractivity contribution is -0.140. The lowest BCUT2D eigenvalue weighted by Gasteiger charge is -2.08. The molecule has 0 aliphatic rings. The van der Waals surface area contributed by atoms with Gasteiger partial charge in [-0.05, 0) is 43.7 Å². The largest absolute Gasteiger partial charge is 0.481 e. The van der Waals surface area contributed by atoms with E-state index < -0.39 is 23.5 Å². The molecule has 172 valence electrons. The molecule has 33 heavy (non-hydrogen) atoms. The Balaban J connectivity index is 1.58. The molecule has 0 unspecified atom stereocenters. The van der Waals surface area contributed by atoms with E-state index in [4.69, 9.17) is 5.11 Å². The van der Waals surface area contributed by atoms with Crippen molar-refractivity contribution in [2.45, 2.75) is 37.1 Å². The molecule has 4 aromatic rings.